The smallest absolute Gasteiger partial charge is 0.290 e. The zero-order valence-electron chi connectivity index (χ0n) is 12.0. The third kappa shape index (κ3) is 3.14. The van der Waals surface area contributed by atoms with Crippen LogP contribution < -0.4 is 5.73 Å². The molecule has 6 nitrogen and oxygen atoms in total. The molecule has 7 heteroatoms. The lowest BCUT2D eigenvalue weighted by Gasteiger charge is -2.35. The van der Waals surface area contributed by atoms with Gasteiger partial charge in [-0.1, -0.05) is 23.7 Å². The number of carbonyl (C=O) groups is 1. The van der Waals surface area contributed by atoms with E-state index in [0.29, 0.717) is 12.4 Å². The van der Waals surface area contributed by atoms with E-state index in [-0.39, 0.29) is 17.7 Å². The second kappa shape index (κ2) is 6.23. The molecule has 1 saturated heterocycles. The average Bonchev–Trinajstić information content (AvgIpc) is 2.98. The fourth-order valence-corrected chi connectivity index (χ4v) is 2.84. The standard InChI is InChI=1S/C15H17FN4O2/c16-11-6-4-10(5-7-11)12-3-1-2-8-20(12)9-13-18-15(14(17)21)19-22-13/h4-7,12H,1-3,8-9H2,(H2,17,21)/t12-/m0/s1. The van der Waals surface area contributed by atoms with Crippen LogP contribution in [0.15, 0.2) is 28.8 Å². The van der Waals surface area contributed by atoms with Crippen molar-refractivity contribution >= 4 is 5.91 Å². The van der Waals surface area contributed by atoms with Crippen LogP contribution in [0.2, 0.25) is 0 Å². The van der Waals surface area contributed by atoms with E-state index < -0.39 is 5.91 Å². The van der Waals surface area contributed by atoms with Gasteiger partial charge in [-0.15, -0.1) is 0 Å². The summed E-state index contributed by atoms with van der Waals surface area (Å²) < 4.78 is 18.2. The summed E-state index contributed by atoms with van der Waals surface area (Å²) in [7, 11) is 0. The van der Waals surface area contributed by atoms with Crippen molar-refractivity contribution in [3.8, 4) is 0 Å². The van der Waals surface area contributed by atoms with Gasteiger partial charge in [0.2, 0.25) is 5.89 Å². The number of halogens is 1. The number of carbonyl (C=O) groups excluding carboxylic acids is 1. The van der Waals surface area contributed by atoms with Crippen LogP contribution in [-0.4, -0.2) is 27.5 Å². The summed E-state index contributed by atoms with van der Waals surface area (Å²) in [6.07, 6.45) is 3.19. The Bertz CT molecular complexity index is 656. The van der Waals surface area contributed by atoms with Crippen LogP contribution in [0.3, 0.4) is 0 Å². The zero-order chi connectivity index (χ0) is 15.5. The summed E-state index contributed by atoms with van der Waals surface area (Å²) in [5.74, 6) is -0.689. The molecule has 2 aromatic rings. The summed E-state index contributed by atoms with van der Waals surface area (Å²) in [6.45, 7) is 1.33. The highest BCUT2D eigenvalue weighted by Gasteiger charge is 2.26. The van der Waals surface area contributed by atoms with Crippen molar-refractivity contribution in [3.05, 3.63) is 47.4 Å². The molecular formula is C15H17FN4O2. The van der Waals surface area contributed by atoms with Crippen LogP contribution in [0.4, 0.5) is 4.39 Å². The maximum Gasteiger partial charge on any atom is 0.290 e. The van der Waals surface area contributed by atoms with Crippen LogP contribution in [-0.2, 0) is 6.54 Å². The number of primary amides is 1. The van der Waals surface area contributed by atoms with E-state index in [4.69, 9.17) is 10.3 Å². The van der Waals surface area contributed by atoms with Gasteiger partial charge >= 0.3 is 0 Å². The first-order valence-corrected chi connectivity index (χ1v) is 7.25. The Morgan fingerprint density at radius 1 is 1.36 bits per heavy atom. The Hall–Kier alpha value is -2.28. The Kier molecular flexibility index (Phi) is 4.15. The first kappa shape index (κ1) is 14.6. The van der Waals surface area contributed by atoms with Gasteiger partial charge < -0.3 is 10.3 Å². The second-order valence-corrected chi connectivity index (χ2v) is 5.41. The van der Waals surface area contributed by atoms with Gasteiger partial charge in [-0.25, -0.2) is 4.39 Å². The van der Waals surface area contributed by atoms with Crippen molar-refractivity contribution in [2.75, 3.05) is 6.54 Å². The van der Waals surface area contributed by atoms with E-state index in [1.165, 1.54) is 12.1 Å². The van der Waals surface area contributed by atoms with E-state index in [1.54, 1.807) is 12.1 Å². The van der Waals surface area contributed by atoms with E-state index >= 15 is 0 Å². The monoisotopic (exact) mass is 304 g/mol. The van der Waals surface area contributed by atoms with Crippen LogP contribution in [0.25, 0.3) is 0 Å². The molecule has 0 spiro atoms. The largest absolute Gasteiger partial charge is 0.363 e. The number of piperidine rings is 1. The highest BCUT2D eigenvalue weighted by molar-refractivity contribution is 5.88. The third-order valence-electron chi connectivity index (χ3n) is 3.90. The van der Waals surface area contributed by atoms with Gasteiger partial charge in [-0.2, -0.15) is 4.98 Å². The van der Waals surface area contributed by atoms with Gasteiger partial charge in [-0.05, 0) is 37.1 Å². The summed E-state index contributed by atoms with van der Waals surface area (Å²) in [6, 6.07) is 6.74. The lowest BCUT2D eigenvalue weighted by molar-refractivity contribution is 0.0987. The Labute approximate surface area is 127 Å². The lowest BCUT2D eigenvalue weighted by Crippen LogP contribution is -2.33. The molecule has 116 valence electrons. The molecule has 0 radical (unpaired) electrons. The molecule has 0 bridgehead atoms. The summed E-state index contributed by atoms with van der Waals surface area (Å²) >= 11 is 0. The van der Waals surface area contributed by atoms with Gasteiger partial charge in [0, 0.05) is 6.04 Å². The van der Waals surface area contributed by atoms with Gasteiger partial charge in [-0.3, -0.25) is 9.69 Å². The van der Waals surface area contributed by atoms with Gasteiger partial charge in [0.15, 0.2) is 0 Å². The topological polar surface area (TPSA) is 85.2 Å². The molecular weight excluding hydrogens is 287 g/mol. The van der Waals surface area contributed by atoms with Crippen molar-refractivity contribution in [1.29, 1.82) is 0 Å². The van der Waals surface area contributed by atoms with Crippen LogP contribution in [0, 0.1) is 5.82 Å². The normalized spacial score (nSPS) is 19.2. The highest BCUT2D eigenvalue weighted by Crippen LogP contribution is 2.31. The number of hydrogen-bond donors (Lipinski definition) is 1. The van der Waals surface area contributed by atoms with Crippen LogP contribution in [0.1, 0.15) is 47.4 Å². The van der Waals surface area contributed by atoms with Crippen molar-refractivity contribution in [3.63, 3.8) is 0 Å². The number of amides is 1. The Balaban J connectivity index is 1.77. The predicted molar refractivity (Wildman–Crippen MR) is 76.2 cm³/mol. The quantitative estimate of drug-likeness (QED) is 0.934. The molecule has 1 atom stereocenters. The zero-order valence-corrected chi connectivity index (χ0v) is 12.0. The van der Waals surface area contributed by atoms with Gasteiger partial charge in [0.05, 0.1) is 6.54 Å². The summed E-state index contributed by atoms with van der Waals surface area (Å²) in [4.78, 5) is 17.2. The maximum atomic E-state index is 13.1. The van der Waals surface area contributed by atoms with Crippen molar-refractivity contribution in [2.24, 2.45) is 5.73 Å². The van der Waals surface area contributed by atoms with E-state index in [2.05, 4.69) is 15.0 Å². The number of benzene rings is 1. The molecule has 1 fully saturated rings. The Morgan fingerprint density at radius 3 is 2.82 bits per heavy atom. The minimum atomic E-state index is -0.705. The average molecular weight is 304 g/mol. The fraction of sp³-hybridized carbons (Fsp3) is 0.400. The Morgan fingerprint density at radius 2 is 2.14 bits per heavy atom. The number of nitrogens with two attached hydrogens (primary N) is 1. The van der Waals surface area contributed by atoms with Crippen LogP contribution >= 0.6 is 0 Å². The molecule has 2 N–H and O–H groups in total. The summed E-state index contributed by atoms with van der Waals surface area (Å²) in [5, 5.41) is 3.55. The van der Waals surface area contributed by atoms with Crippen molar-refractivity contribution < 1.29 is 13.7 Å². The molecule has 0 unspecified atom stereocenters. The number of hydrogen-bond acceptors (Lipinski definition) is 5. The third-order valence-corrected chi connectivity index (χ3v) is 3.90. The SMILES string of the molecule is NC(=O)c1noc(CN2CCCC[C@H]2c2ccc(F)cc2)n1. The highest BCUT2D eigenvalue weighted by atomic mass is 19.1. The minimum Gasteiger partial charge on any atom is -0.363 e. The molecule has 2 heterocycles. The molecule has 0 saturated carbocycles. The van der Waals surface area contributed by atoms with Crippen molar-refractivity contribution in [1.82, 2.24) is 15.0 Å². The minimum absolute atomic E-state index is 0.106. The molecule has 1 aliphatic heterocycles. The van der Waals surface area contributed by atoms with E-state index in [0.717, 1.165) is 31.4 Å². The molecule has 1 aromatic heterocycles. The van der Waals surface area contributed by atoms with Gasteiger partial charge in [0.1, 0.15) is 5.82 Å². The fourth-order valence-electron chi connectivity index (χ4n) is 2.84. The first-order valence-electron chi connectivity index (χ1n) is 7.25. The number of aromatic nitrogens is 2. The molecule has 3 rings (SSSR count). The molecule has 22 heavy (non-hydrogen) atoms. The maximum absolute atomic E-state index is 13.1. The molecule has 1 amide bonds. The molecule has 1 aliphatic rings. The van der Waals surface area contributed by atoms with Crippen molar-refractivity contribution in [2.45, 2.75) is 31.8 Å². The van der Waals surface area contributed by atoms with Crippen LogP contribution in [0.5, 0.6) is 0 Å². The number of nitrogens with zero attached hydrogens (tertiary/aromatic N) is 3. The number of likely N-dealkylation sites (tertiary alicyclic amines) is 1. The lowest BCUT2D eigenvalue weighted by atomic mass is 9.95. The summed E-state index contributed by atoms with van der Waals surface area (Å²) in [5.41, 5.74) is 6.19. The second-order valence-electron chi connectivity index (χ2n) is 5.41. The number of rotatable bonds is 4. The first-order chi connectivity index (χ1) is 10.6. The molecule has 1 aromatic carbocycles. The van der Waals surface area contributed by atoms with E-state index in [9.17, 15) is 9.18 Å². The predicted octanol–water partition coefficient (Wildman–Crippen LogP) is 2.03. The molecule has 0 aliphatic carbocycles. The van der Waals surface area contributed by atoms with Gasteiger partial charge in [0.25, 0.3) is 11.7 Å². The van der Waals surface area contributed by atoms with E-state index in [1.807, 2.05) is 0 Å².